The normalized spacial score (nSPS) is 44.5. The molecule has 152 valence electrons. The Hall–Kier alpha value is 0. The fraction of sp³-hybridized carbons (Fsp3) is 1.00. The van der Waals surface area contributed by atoms with Crippen LogP contribution >= 0.6 is 0 Å². The molecule has 0 aromatic heterocycles. The molecule has 0 saturated heterocycles. The molecule has 0 N–H and O–H groups in total. The summed E-state index contributed by atoms with van der Waals surface area (Å²) in [4.78, 5) is 0. The molecule has 3 saturated carbocycles. The second-order valence-electron chi connectivity index (χ2n) is 12.0. The maximum absolute atomic E-state index is 2.63. The van der Waals surface area contributed by atoms with Crippen LogP contribution in [-0.2, 0) is 0 Å². The average Bonchev–Trinajstić information content (AvgIpc) is 3.14. The molecular formula is C26H48. The molecule has 0 aliphatic heterocycles. The van der Waals surface area contributed by atoms with Gasteiger partial charge in [-0.05, 0) is 84.9 Å². The molecule has 0 bridgehead atoms. The number of hydrogen-bond donors (Lipinski definition) is 0. The summed E-state index contributed by atoms with van der Waals surface area (Å²) >= 11 is 0. The molecule has 0 amide bonds. The zero-order chi connectivity index (χ0) is 18.9. The highest BCUT2D eigenvalue weighted by Crippen LogP contribution is 2.56. The van der Waals surface area contributed by atoms with Gasteiger partial charge in [0.2, 0.25) is 0 Å². The van der Waals surface area contributed by atoms with Gasteiger partial charge < -0.3 is 0 Å². The summed E-state index contributed by atoms with van der Waals surface area (Å²) in [6.07, 6.45) is 16.7. The molecule has 0 aromatic rings. The van der Waals surface area contributed by atoms with Gasteiger partial charge in [0.25, 0.3) is 0 Å². The van der Waals surface area contributed by atoms with Crippen LogP contribution in [0.5, 0.6) is 0 Å². The molecule has 3 aliphatic rings. The van der Waals surface area contributed by atoms with Gasteiger partial charge >= 0.3 is 0 Å². The molecule has 0 nitrogen and oxygen atoms in total. The fourth-order valence-corrected chi connectivity index (χ4v) is 7.32. The van der Waals surface area contributed by atoms with E-state index in [1.807, 2.05) is 0 Å². The highest BCUT2D eigenvalue weighted by molar-refractivity contribution is 4.97. The third-order valence-electron chi connectivity index (χ3n) is 9.24. The minimum Gasteiger partial charge on any atom is -0.0654 e. The molecule has 3 rings (SSSR count). The second kappa shape index (κ2) is 8.57. The van der Waals surface area contributed by atoms with Crippen molar-refractivity contribution in [2.24, 2.45) is 52.8 Å². The lowest BCUT2D eigenvalue weighted by Crippen LogP contribution is -2.26. The SMILES string of the molecule is CCCC1CCC(C2CC(C(C)(C)C)CC2CC2CCC(C)CC2)C1C. The van der Waals surface area contributed by atoms with Crippen molar-refractivity contribution in [3.63, 3.8) is 0 Å². The Kier molecular flexibility index (Phi) is 6.83. The van der Waals surface area contributed by atoms with Crippen molar-refractivity contribution in [1.29, 1.82) is 0 Å². The molecular weight excluding hydrogens is 312 g/mol. The molecule has 3 aliphatic carbocycles. The van der Waals surface area contributed by atoms with Gasteiger partial charge in [-0.2, -0.15) is 0 Å². The van der Waals surface area contributed by atoms with Crippen molar-refractivity contribution in [3.8, 4) is 0 Å². The Balaban J connectivity index is 1.68. The second-order valence-corrected chi connectivity index (χ2v) is 12.0. The predicted molar refractivity (Wildman–Crippen MR) is 115 cm³/mol. The van der Waals surface area contributed by atoms with Crippen molar-refractivity contribution < 1.29 is 0 Å². The summed E-state index contributed by atoms with van der Waals surface area (Å²) < 4.78 is 0. The smallest absolute Gasteiger partial charge is 0.0352 e. The van der Waals surface area contributed by atoms with Crippen LogP contribution in [0.25, 0.3) is 0 Å². The van der Waals surface area contributed by atoms with E-state index in [9.17, 15) is 0 Å². The molecule has 0 heteroatoms. The standard InChI is InChI=1S/C26H48/c1-7-8-21-13-14-24(19(21)3)25-17-23(26(4,5)6)16-22(25)15-20-11-9-18(2)10-12-20/h18-25H,7-17H2,1-6H3. The quantitative estimate of drug-likeness (QED) is 0.462. The first-order chi connectivity index (χ1) is 12.3. The Morgan fingerprint density at radius 2 is 1.46 bits per heavy atom. The highest BCUT2D eigenvalue weighted by Gasteiger charge is 2.47. The first kappa shape index (κ1) is 20.7. The fourth-order valence-electron chi connectivity index (χ4n) is 7.32. The first-order valence-corrected chi connectivity index (χ1v) is 12.3. The maximum atomic E-state index is 2.63. The van der Waals surface area contributed by atoms with Crippen LogP contribution in [0.3, 0.4) is 0 Å². The molecule has 26 heavy (non-hydrogen) atoms. The average molecular weight is 361 g/mol. The minimum atomic E-state index is 0.513. The highest BCUT2D eigenvalue weighted by atomic mass is 14.5. The van der Waals surface area contributed by atoms with Crippen LogP contribution in [0, 0.1) is 52.8 Å². The van der Waals surface area contributed by atoms with E-state index in [0.29, 0.717) is 5.41 Å². The van der Waals surface area contributed by atoms with Crippen molar-refractivity contribution in [1.82, 2.24) is 0 Å². The van der Waals surface area contributed by atoms with E-state index in [1.165, 1.54) is 44.9 Å². The Morgan fingerprint density at radius 3 is 2.08 bits per heavy atom. The van der Waals surface area contributed by atoms with Crippen molar-refractivity contribution in [2.45, 2.75) is 112 Å². The van der Waals surface area contributed by atoms with Gasteiger partial charge in [0, 0.05) is 0 Å². The molecule has 6 atom stereocenters. The minimum absolute atomic E-state index is 0.513. The van der Waals surface area contributed by atoms with Gasteiger partial charge in [-0.1, -0.05) is 80.1 Å². The van der Waals surface area contributed by atoms with E-state index in [2.05, 4.69) is 41.5 Å². The Morgan fingerprint density at radius 1 is 0.769 bits per heavy atom. The monoisotopic (exact) mass is 360 g/mol. The van der Waals surface area contributed by atoms with E-state index in [4.69, 9.17) is 0 Å². The van der Waals surface area contributed by atoms with Crippen LogP contribution < -0.4 is 0 Å². The van der Waals surface area contributed by atoms with E-state index >= 15 is 0 Å². The van der Waals surface area contributed by atoms with Gasteiger partial charge in [0.05, 0.1) is 0 Å². The van der Waals surface area contributed by atoms with Crippen molar-refractivity contribution in [2.75, 3.05) is 0 Å². The summed E-state index contributed by atoms with van der Waals surface area (Å²) in [7, 11) is 0. The number of rotatable bonds is 5. The summed E-state index contributed by atoms with van der Waals surface area (Å²) in [5.41, 5.74) is 0.513. The van der Waals surface area contributed by atoms with E-state index in [-0.39, 0.29) is 0 Å². The lowest BCUT2D eigenvalue weighted by Gasteiger charge is -2.34. The predicted octanol–water partition coefficient (Wildman–Crippen LogP) is 8.35. The molecule has 6 unspecified atom stereocenters. The lowest BCUT2D eigenvalue weighted by atomic mass is 9.71. The molecule has 0 radical (unpaired) electrons. The van der Waals surface area contributed by atoms with E-state index in [1.54, 1.807) is 25.7 Å². The van der Waals surface area contributed by atoms with Crippen LogP contribution in [0.4, 0.5) is 0 Å². The van der Waals surface area contributed by atoms with Crippen LogP contribution in [0.1, 0.15) is 112 Å². The zero-order valence-electron chi connectivity index (χ0n) is 18.9. The van der Waals surface area contributed by atoms with Gasteiger partial charge in [-0.15, -0.1) is 0 Å². The van der Waals surface area contributed by atoms with Gasteiger partial charge in [0.15, 0.2) is 0 Å². The lowest BCUT2D eigenvalue weighted by molar-refractivity contribution is 0.157. The van der Waals surface area contributed by atoms with Crippen LogP contribution in [0.15, 0.2) is 0 Å². The van der Waals surface area contributed by atoms with Crippen molar-refractivity contribution >= 4 is 0 Å². The third-order valence-corrected chi connectivity index (χ3v) is 9.24. The first-order valence-electron chi connectivity index (χ1n) is 12.3. The van der Waals surface area contributed by atoms with Gasteiger partial charge in [-0.25, -0.2) is 0 Å². The van der Waals surface area contributed by atoms with E-state index in [0.717, 1.165) is 47.3 Å². The summed E-state index contributed by atoms with van der Waals surface area (Å²) in [6.45, 7) is 15.0. The largest absolute Gasteiger partial charge is 0.0654 e. The van der Waals surface area contributed by atoms with E-state index < -0.39 is 0 Å². The molecule has 0 heterocycles. The summed E-state index contributed by atoms with van der Waals surface area (Å²) in [6, 6.07) is 0. The number of hydrogen-bond acceptors (Lipinski definition) is 0. The van der Waals surface area contributed by atoms with Gasteiger partial charge in [0.1, 0.15) is 0 Å². The summed E-state index contributed by atoms with van der Waals surface area (Å²) in [5, 5.41) is 0. The van der Waals surface area contributed by atoms with Crippen LogP contribution in [0.2, 0.25) is 0 Å². The molecule has 0 aromatic carbocycles. The van der Waals surface area contributed by atoms with Crippen molar-refractivity contribution in [3.05, 3.63) is 0 Å². The Labute approximate surface area is 165 Å². The van der Waals surface area contributed by atoms with Crippen LogP contribution in [-0.4, -0.2) is 0 Å². The third kappa shape index (κ3) is 4.70. The maximum Gasteiger partial charge on any atom is -0.0352 e. The Bertz CT molecular complexity index is 422. The topological polar surface area (TPSA) is 0 Å². The zero-order valence-corrected chi connectivity index (χ0v) is 18.9. The van der Waals surface area contributed by atoms with Gasteiger partial charge in [-0.3, -0.25) is 0 Å². The molecule has 0 spiro atoms. The molecule has 3 fully saturated rings. The summed E-state index contributed by atoms with van der Waals surface area (Å²) in [5.74, 6) is 8.20.